The Bertz CT molecular complexity index is 1090. The van der Waals surface area contributed by atoms with E-state index in [-0.39, 0.29) is 5.91 Å². The molecule has 1 fully saturated rings. The van der Waals surface area contributed by atoms with E-state index in [9.17, 15) is 4.79 Å². The molecule has 4 heterocycles. The first-order valence-electron chi connectivity index (χ1n) is 9.73. The average molecular weight is 373 g/mol. The predicted molar refractivity (Wildman–Crippen MR) is 109 cm³/mol. The molecule has 0 radical (unpaired) electrons. The van der Waals surface area contributed by atoms with Gasteiger partial charge in [-0.2, -0.15) is 5.10 Å². The molecule has 6 nitrogen and oxygen atoms in total. The van der Waals surface area contributed by atoms with E-state index in [1.54, 1.807) is 0 Å². The molecule has 0 atom stereocenters. The molecule has 0 unspecified atom stereocenters. The maximum Gasteiger partial charge on any atom is 0.242 e. The molecule has 0 bridgehead atoms. The van der Waals surface area contributed by atoms with E-state index >= 15 is 0 Å². The number of piperazine rings is 1. The van der Waals surface area contributed by atoms with Crippen molar-refractivity contribution in [2.24, 2.45) is 0 Å². The number of benzene rings is 1. The van der Waals surface area contributed by atoms with Crippen LogP contribution in [0.5, 0.6) is 0 Å². The summed E-state index contributed by atoms with van der Waals surface area (Å²) in [5, 5.41) is 5.80. The van der Waals surface area contributed by atoms with Crippen LogP contribution in [0.2, 0.25) is 0 Å². The fraction of sp³-hybridized carbons (Fsp3) is 0.273. The number of hydrogen-bond acceptors (Lipinski definition) is 3. The van der Waals surface area contributed by atoms with Crippen LogP contribution >= 0.6 is 0 Å². The molecular weight excluding hydrogens is 350 g/mol. The number of hydrogen-bond donors (Lipinski definition) is 0. The van der Waals surface area contributed by atoms with Gasteiger partial charge in [-0.1, -0.05) is 24.3 Å². The molecule has 1 saturated heterocycles. The molecule has 1 amide bonds. The number of aromatic nitrogens is 3. The van der Waals surface area contributed by atoms with E-state index in [0.717, 1.165) is 49.5 Å². The van der Waals surface area contributed by atoms with Crippen molar-refractivity contribution in [1.29, 1.82) is 0 Å². The molecule has 1 aliphatic heterocycles. The number of rotatable bonds is 4. The summed E-state index contributed by atoms with van der Waals surface area (Å²) in [6.45, 7) is 4.53. The fourth-order valence-electron chi connectivity index (χ4n) is 3.98. The molecule has 3 aromatic heterocycles. The smallest absolute Gasteiger partial charge is 0.242 e. The summed E-state index contributed by atoms with van der Waals surface area (Å²) in [5.41, 5.74) is 3.30. The molecule has 0 saturated carbocycles. The molecule has 6 heteroatoms. The lowest BCUT2D eigenvalue weighted by molar-refractivity contribution is -0.133. The first kappa shape index (κ1) is 17.0. The van der Waals surface area contributed by atoms with Gasteiger partial charge < -0.3 is 9.47 Å². The second-order valence-electron chi connectivity index (χ2n) is 7.37. The van der Waals surface area contributed by atoms with Gasteiger partial charge in [0.1, 0.15) is 6.54 Å². The Balaban J connectivity index is 1.19. The van der Waals surface area contributed by atoms with E-state index in [4.69, 9.17) is 0 Å². The highest BCUT2D eigenvalue weighted by Crippen LogP contribution is 2.16. The maximum absolute atomic E-state index is 12.8. The summed E-state index contributed by atoms with van der Waals surface area (Å²) >= 11 is 0. The van der Waals surface area contributed by atoms with Gasteiger partial charge >= 0.3 is 0 Å². The van der Waals surface area contributed by atoms with Gasteiger partial charge in [0.05, 0.1) is 11.2 Å². The van der Waals surface area contributed by atoms with E-state index in [2.05, 4.69) is 40.3 Å². The lowest BCUT2D eigenvalue weighted by Gasteiger charge is -2.34. The van der Waals surface area contributed by atoms with Gasteiger partial charge in [0.25, 0.3) is 0 Å². The molecule has 5 rings (SSSR count). The quantitative estimate of drug-likeness (QED) is 0.552. The van der Waals surface area contributed by atoms with Crippen LogP contribution in [0.15, 0.2) is 67.0 Å². The number of para-hydroxylation sites is 1. The van der Waals surface area contributed by atoms with Crippen LogP contribution in [0.4, 0.5) is 0 Å². The van der Waals surface area contributed by atoms with Crippen LogP contribution < -0.4 is 0 Å². The zero-order chi connectivity index (χ0) is 18.9. The molecule has 4 aromatic rings. The largest absolute Gasteiger partial charge is 0.339 e. The Morgan fingerprint density at radius 1 is 0.929 bits per heavy atom. The molecule has 1 aliphatic rings. The van der Waals surface area contributed by atoms with E-state index in [1.807, 2.05) is 50.6 Å². The average Bonchev–Trinajstić information content (AvgIpc) is 3.32. The molecule has 0 aliphatic carbocycles. The van der Waals surface area contributed by atoms with Gasteiger partial charge in [0.2, 0.25) is 5.91 Å². The molecule has 142 valence electrons. The van der Waals surface area contributed by atoms with Crippen molar-refractivity contribution in [3.05, 3.63) is 72.7 Å². The zero-order valence-corrected chi connectivity index (χ0v) is 15.7. The lowest BCUT2D eigenvalue weighted by atomic mass is 10.2. The number of amides is 1. The van der Waals surface area contributed by atoms with Crippen LogP contribution in [0.1, 0.15) is 5.69 Å². The standard InChI is InChI=1S/C22H23N5O/c28-22(17-26-10-8-18-5-1-2-7-21(18)26)25-13-11-24(12-14-25)16-19-15-20-6-3-4-9-27(20)23-19/h1-10,15H,11-14,16-17H2. The number of pyridine rings is 1. The maximum atomic E-state index is 12.8. The highest BCUT2D eigenvalue weighted by atomic mass is 16.2. The minimum Gasteiger partial charge on any atom is -0.339 e. The first-order valence-corrected chi connectivity index (χ1v) is 9.73. The van der Waals surface area contributed by atoms with Crippen LogP contribution in [-0.4, -0.2) is 56.1 Å². The van der Waals surface area contributed by atoms with Crippen LogP contribution in [0.3, 0.4) is 0 Å². The van der Waals surface area contributed by atoms with Crippen molar-refractivity contribution in [2.45, 2.75) is 13.1 Å². The van der Waals surface area contributed by atoms with Gasteiger partial charge in [0, 0.05) is 50.6 Å². The van der Waals surface area contributed by atoms with Crippen LogP contribution in [0.25, 0.3) is 16.4 Å². The highest BCUT2D eigenvalue weighted by molar-refractivity contribution is 5.83. The van der Waals surface area contributed by atoms with Gasteiger partial charge in [-0.05, 0) is 35.7 Å². The fourth-order valence-corrected chi connectivity index (χ4v) is 3.98. The SMILES string of the molecule is O=C(Cn1ccc2ccccc21)N1CCN(Cc2cc3ccccn3n2)CC1. The zero-order valence-electron chi connectivity index (χ0n) is 15.7. The third kappa shape index (κ3) is 3.27. The summed E-state index contributed by atoms with van der Waals surface area (Å²) in [7, 11) is 0. The van der Waals surface area contributed by atoms with Crippen molar-refractivity contribution in [3.63, 3.8) is 0 Å². The Kier molecular flexibility index (Phi) is 4.33. The Morgan fingerprint density at radius 3 is 2.61 bits per heavy atom. The van der Waals surface area contributed by atoms with Gasteiger partial charge in [-0.25, -0.2) is 4.52 Å². The van der Waals surface area contributed by atoms with E-state index in [1.165, 1.54) is 5.39 Å². The topological polar surface area (TPSA) is 45.8 Å². The summed E-state index contributed by atoms with van der Waals surface area (Å²) in [6.07, 6.45) is 3.97. The summed E-state index contributed by atoms with van der Waals surface area (Å²) in [6, 6.07) is 18.5. The third-order valence-corrected chi connectivity index (χ3v) is 5.52. The van der Waals surface area contributed by atoms with Crippen molar-refractivity contribution in [2.75, 3.05) is 26.2 Å². The number of nitrogens with zero attached hydrogens (tertiary/aromatic N) is 5. The monoisotopic (exact) mass is 373 g/mol. The minimum atomic E-state index is 0.189. The van der Waals surface area contributed by atoms with Crippen molar-refractivity contribution >= 4 is 22.3 Å². The Hall–Kier alpha value is -3.12. The lowest BCUT2D eigenvalue weighted by Crippen LogP contribution is -2.49. The normalized spacial score (nSPS) is 15.5. The highest BCUT2D eigenvalue weighted by Gasteiger charge is 2.22. The Morgan fingerprint density at radius 2 is 1.75 bits per heavy atom. The first-order chi connectivity index (χ1) is 13.8. The summed E-state index contributed by atoms with van der Waals surface area (Å²) < 4.78 is 3.96. The van der Waals surface area contributed by atoms with Crippen LogP contribution in [-0.2, 0) is 17.9 Å². The van der Waals surface area contributed by atoms with Crippen molar-refractivity contribution in [1.82, 2.24) is 24.0 Å². The second-order valence-corrected chi connectivity index (χ2v) is 7.37. The molecule has 0 spiro atoms. The summed E-state index contributed by atoms with van der Waals surface area (Å²) in [5.74, 6) is 0.189. The van der Waals surface area contributed by atoms with E-state index in [0.29, 0.717) is 6.54 Å². The number of carbonyl (C=O) groups is 1. The minimum absolute atomic E-state index is 0.189. The van der Waals surface area contributed by atoms with Crippen LogP contribution in [0, 0.1) is 0 Å². The third-order valence-electron chi connectivity index (χ3n) is 5.52. The van der Waals surface area contributed by atoms with Gasteiger partial charge in [-0.3, -0.25) is 9.69 Å². The summed E-state index contributed by atoms with van der Waals surface area (Å²) in [4.78, 5) is 17.1. The Labute approximate surface area is 163 Å². The van der Waals surface area contributed by atoms with Gasteiger partial charge in [0.15, 0.2) is 0 Å². The molecule has 1 aromatic carbocycles. The molecule has 0 N–H and O–H groups in total. The van der Waals surface area contributed by atoms with E-state index < -0.39 is 0 Å². The van der Waals surface area contributed by atoms with Gasteiger partial charge in [-0.15, -0.1) is 0 Å². The second kappa shape index (κ2) is 7.13. The number of carbonyl (C=O) groups excluding carboxylic acids is 1. The molecular formula is C22H23N5O. The van der Waals surface area contributed by atoms with Crippen molar-refractivity contribution in [3.8, 4) is 0 Å². The molecule has 28 heavy (non-hydrogen) atoms. The van der Waals surface area contributed by atoms with Crippen molar-refractivity contribution < 1.29 is 4.79 Å². The number of fused-ring (bicyclic) bond motifs is 2. The predicted octanol–water partition coefficient (Wildman–Crippen LogP) is 2.63.